The second-order valence-electron chi connectivity index (χ2n) is 9.08. The SMILES string of the molecule is CCNC(=NCC1(N2CCCCC2)CCN(C)CC1)NCC1CCCN1CC. The molecule has 3 saturated heterocycles. The summed E-state index contributed by atoms with van der Waals surface area (Å²) >= 11 is 0. The molecule has 1 atom stereocenters. The number of nitrogens with one attached hydrogen (secondary N) is 2. The molecule has 6 heteroatoms. The van der Waals surface area contributed by atoms with Gasteiger partial charge in [0, 0.05) is 24.7 Å². The van der Waals surface area contributed by atoms with Gasteiger partial charge in [0.25, 0.3) is 0 Å². The minimum absolute atomic E-state index is 0.262. The molecule has 0 aromatic heterocycles. The van der Waals surface area contributed by atoms with Crippen molar-refractivity contribution in [3.05, 3.63) is 0 Å². The molecule has 3 heterocycles. The Kier molecular flexibility index (Phi) is 8.42. The molecular formula is C22H44N6. The van der Waals surface area contributed by atoms with E-state index in [2.05, 4.69) is 46.2 Å². The highest BCUT2D eigenvalue weighted by Crippen LogP contribution is 2.31. The molecule has 1 unspecified atom stereocenters. The van der Waals surface area contributed by atoms with E-state index in [0.29, 0.717) is 6.04 Å². The second-order valence-corrected chi connectivity index (χ2v) is 9.08. The first-order chi connectivity index (χ1) is 13.7. The molecule has 0 bridgehead atoms. The molecule has 3 fully saturated rings. The Morgan fingerprint density at radius 2 is 1.71 bits per heavy atom. The van der Waals surface area contributed by atoms with Crippen LogP contribution in [-0.4, -0.2) is 98.2 Å². The quantitative estimate of drug-likeness (QED) is 0.512. The maximum absolute atomic E-state index is 5.14. The molecule has 0 aliphatic carbocycles. The lowest BCUT2D eigenvalue weighted by Crippen LogP contribution is -2.58. The summed E-state index contributed by atoms with van der Waals surface area (Å²) in [6.45, 7) is 14.6. The number of likely N-dealkylation sites (N-methyl/N-ethyl adjacent to an activating group) is 1. The van der Waals surface area contributed by atoms with Crippen LogP contribution in [0.1, 0.15) is 58.8 Å². The lowest BCUT2D eigenvalue weighted by Gasteiger charge is -2.49. The van der Waals surface area contributed by atoms with E-state index in [1.165, 1.54) is 77.7 Å². The minimum Gasteiger partial charge on any atom is -0.357 e. The fourth-order valence-electron chi connectivity index (χ4n) is 5.30. The first-order valence-corrected chi connectivity index (χ1v) is 11.9. The van der Waals surface area contributed by atoms with E-state index in [9.17, 15) is 0 Å². The van der Waals surface area contributed by atoms with Gasteiger partial charge in [0.1, 0.15) is 0 Å². The van der Waals surface area contributed by atoms with Gasteiger partial charge in [-0.15, -0.1) is 0 Å². The normalized spacial score (nSPS) is 27.8. The average Bonchev–Trinajstić information content (AvgIpc) is 3.20. The van der Waals surface area contributed by atoms with Gasteiger partial charge >= 0.3 is 0 Å². The summed E-state index contributed by atoms with van der Waals surface area (Å²) in [5, 5.41) is 7.16. The number of hydrogen-bond donors (Lipinski definition) is 2. The Balaban J connectivity index is 1.63. The highest BCUT2D eigenvalue weighted by molar-refractivity contribution is 5.79. The molecule has 162 valence electrons. The van der Waals surface area contributed by atoms with Crippen LogP contribution >= 0.6 is 0 Å². The van der Waals surface area contributed by atoms with Crippen molar-refractivity contribution < 1.29 is 0 Å². The Bertz CT molecular complexity index is 479. The molecule has 3 aliphatic heterocycles. The van der Waals surface area contributed by atoms with Crippen molar-refractivity contribution in [2.75, 3.05) is 66.0 Å². The van der Waals surface area contributed by atoms with Crippen LogP contribution in [-0.2, 0) is 0 Å². The predicted molar refractivity (Wildman–Crippen MR) is 119 cm³/mol. The van der Waals surface area contributed by atoms with Crippen molar-refractivity contribution in [1.29, 1.82) is 0 Å². The van der Waals surface area contributed by atoms with E-state index in [4.69, 9.17) is 4.99 Å². The third-order valence-corrected chi connectivity index (χ3v) is 7.23. The molecule has 0 aromatic rings. The summed E-state index contributed by atoms with van der Waals surface area (Å²) < 4.78 is 0. The van der Waals surface area contributed by atoms with Gasteiger partial charge in [-0.3, -0.25) is 14.8 Å². The van der Waals surface area contributed by atoms with Crippen LogP contribution in [0.5, 0.6) is 0 Å². The fraction of sp³-hybridized carbons (Fsp3) is 0.955. The number of piperidine rings is 2. The van der Waals surface area contributed by atoms with Gasteiger partial charge in [-0.1, -0.05) is 13.3 Å². The van der Waals surface area contributed by atoms with Gasteiger partial charge in [-0.25, -0.2) is 0 Å². The van der Waals surface area contributed by atoms with Crippen molar-refractivity contribution in [3.63, 3.8) is 0 Å². The number of aliphatic imine (C=N–C) groups is 1. The summed E-state index contributed by atoms with van der Waals surface area (Å²) in [7, 11) is 2.26. The van der Waals surface area contributed by atoms with Crippen LogP contribution in [0.25, 0.3) is 0 Å². The van der Waals surface area contributed by atoms with Crippen molar-refractivity contribution >= 4 is 5.96 Å². The average molecular weight is 393 g/mol. The lowest BCUT2D eigenvalue weighted by molar-refractivity contribution is 0.0208. The van der Waals surface area contributed by atoms with Crippen LogP contribution in [0.15, 0.2) is 4.99 Å². The molecular weight excluding hydrogens is 348 g/mol. The van der Waals surface area contributed by atoms with Crippen LogP contribution in [0.4, 0.5) is 0 Å². The van der Waals surface area contributed by atoms with E-state index >= 15 is 0 Å². The number of nitrogens with zero attached hydrogens (tertiary/aromatic N) is 4. The zero-order chi connectivity index (χ0) is 19.8. The zero-order valence-corrected chi connectivity index (χ0v) is 18.7. The largest absolute Gasteiger partial charge is 0.357 e. The van der Waals surface area contributed by atoms with Crippen molar-refractivity contribution in [3.8, 4) is 0 Å². The summed E-state index contributed by atoms with van der Waals surface area (Å²) in [4.78, 5) is 13.0. The minimum atomic E-state index is 0.262. The fourth-order valence-corrected chi connectivity index (χ4v) is 5.30. The van der Waals surface area contributed by atoms with Crippen LogP contribution < -0.4 is 10.6 Å². The first-order valence-electron chi connectivity index (χ1n) is 11.9. The van der Waals surface area contributed by atoms with Crippen molar-refractivity contribution in [1.82, 2.24) is 25.3 Å². The molecule has 2 N–H and O–H groups in total. The van der Waals surface area contributed by atoms with Gasteiger partial charge in [-0.2, -0.15) is 0 Å². The molecule has 0 radical (unpaired) electrons. The Labute approximate surface area is 173 Å². The maximum atomic E-state index is 5.14. The number of rotatable bonds is 7. The third-order valence-electron chi connectivity index (χ3n) is 7.23. The molecule has 3 aliphatic rings. The monoisotopic (exact) mass is 392 g/mol. The predicted octanol–water partition coefficient (Wildman–Crippen LogP) is 1.98. The highest BCUT2D eigenvalue weighted by atomic mass is 15.3. The molecule has 28 heavy (non-hydrogen) atoms. The van der Waals surface area contributed by atoms with E-state index < -0.39 is 0 Å². The smallest absolute Gasteiger partial charge is 0.191 e. The molecule has 0 saturated carbocycles. The van der Waals surface area contributed by atoms with Crippen molar-refractivity contribution in [2.45, 2.75) is 70.4 Å². The molecule has 0 aromatic carbocycles. The van der Waals surface area contributed by atoms with Crippen LogP contribution in [0, 0.1) is 0 Å². The Hall–Kier alpha value is -0.850. The molecule has 0 spiro atoms. The number of likely N-dealkylation sites (tertiary alicyclic amines) is 3. The van der Waals surface area contributed by atoms with E-state index in [1.54, 1.807) is 0 Å². The van der Waals surface area contributed by atoms with Gasteiger partial charge in [0.2, 0.25) is 0 Å². The lowest BCUT2D eigenvalue weighted by atomic mass is 9.84. The Morgan fingerprint density at radius 1 is 0.964 bits per heavy atom. The van der Waals surface area contributed by atoms with Gasteiger partial charge in [0.05, 0.1) is 6.54 Å². The zero-order valence-electron chi connectivity index (χ0n) is 18.7. The summed E-state index contributed by atoms with van der Waals surface area (Å²) in [6, 6.07) is 0.660. The van der Waals surface area contributed by atoms with E-state index in [1.807, 2.05) is 0 Å². The molecule has 6 nitrogen and oxygen atoms in total. The summed E-state index contributed by atoms with van der Waals surface area (Å²) in [5.74, 6) is 1.01. The van der Waals surface area contributed by atoms with E-state index in [-0.39, 0.29) is 5.54 Å². The van der Waals surface area contributed by atoms with Crippen LogP contribution in [0.2, 0.25) is 0 Å². The van der Waals surface area contributed by atoms with Gasteiger partial charge in [-0.05, 0) is 91.8 Å². The van der Waals surface area contributed by atoms with E-state index in [0.717, 1.165) is 32.1 Å². The summed E-state index contributed by atoms with van der Waals surface area (Å²) in [5.41, 5.74) is 0.262. The molecule has 0 amide bonds. The van der Waals surface area contributed by atoms with Crippen LogP contribution in [0.3, 0.4) is 0 Å². The van der Waals surface area contributed by atoms with Crippen molar-refractivity contribution in [2.24, 2.45) is 4.99 Å². The van der Waals surface area contributed by atoms with Gasteiger partial charge < -0.3 is 15.5 Å². The number of guanidine groups is 1. The first kappa shape index (κ1) is 21.8. The van der Waals surface area contributed by atoms with Gasteiger partial charge in [0.15, 0.2) is 5.96 Å². The standard InChI is InChI=1S/C22H44N6/c1-4-23-21(24-18-20-10-9-13-27(20)5-2)25-19-22(11-16-26(3)17-12-22)28-14-7-6-8-15-28/h20H,4-19H2,1-3H3,(H2,23,24,25). The summed E-state index contributed by atoms with van der Waals surface area (Å²) in [6.07, 6.45) is 9.25. The molecule has 3 rings (SSSR count). The Morgan fingerprint density at radius 3 is 2.39 bits per heavy atom. The second kappa shape index (κ2) is 10.8. The number of hydrogen-bond acceptors (Lipinski definition) is 4. The maximum Gasteiger partial charge on any atom is 0.191 e. The highest BCUT2D eigenvalue weighted by Gasteiger charge is 2.39. The third kappa shape index (κ3) is 5.61. The topological polar surface area (TPSA) is 46.1 Å².